The van der Waals surface area contributed by atoms with Crippen molar-refractivity contribution in [2.75, 3.05) is 0 Å². The Morgan fingerprint density at radius 1 is 0.604 bits per heavy atom. The SMILES string of the molecule is C[Si]1(C)c2ccccc2Sc2cc3c(cc21)c1cccnc1n3-c1cccc(C(F)c2ccc3c4ccccc4n4ccnc4c3c2)c1. The van der Waals surface area contributed by atoms with Gasteiger partial charge in [0, 0.05) is 55.6 Å². The van der Waals surface area contributed by atoms with Crippen LogP contribution < -0.4 is 10.4 Å². The lowest BCUT2D eigenvalue weighted by Crippen LogP contribution is -2.56. The molecule has 1 unspecified atom stereocenters. The topological polar surface area (TPSA) is 35.1 Å². The van der Waals surface area contributed by atoms with Crippen molar-refractivity contribution in [3.63, 3.8) is 0 Å². The molecule has 5 aromatic carbocycles. The van der Waals surface area contributed by atoms with Crippen molar-refractivity contribution in [1.29, 1.82) is 0 Å². The Morgan fingerprint density at radius 2 is 1.42 bits per heavy atom. The van der Waals surface area contributed by atoms with Crippen LogP contribution >= 0.6 is 11.8 Å². The Hall–Kier alpha value is -5.24. The highest BCUT2D eigenvalue weighted by atomic mass is 32.2. The van der Waals surface area contributed by atoms with Crippen LogP contribution in [0.25, 0.3) is 54.9 Å². The highest BCUT2D eigenvalue weighted by Gasteiger charge is 2.36. The Balaban J connectivity index is 1.13. The smallest absolute Gasteiger partial charge is 0.150 e. The lowest BCUT2D eigenvalue weighted by molar-refractivity contribution is 0.402. The Morgan fingerprint density at radius 3 is 2.35 bits per heavy atom. The Labute approximate surface area is 281 Å². The molecule has 48 heavy (non-hydrogen) atoms. The summed E-state index contributed by atoms with van der Waals surface area (Å²) in [5, 5.41) is 8.37. The summed E-state index contributed by atoms with van der Waals surface area (Å²) in [6.07, 6.45) is 4.31. The van der Waals surface area contributed by atoms with E-state index in [1.807, 2.05) is 84.9 Å². The lowest BCUT2D eigenvalue weighted by Gasteiger charge is -2.33. The molecule has 230 valence electrons. The second kappa shape index (κ2) is 10.1. The van der Waals surface area contributed by atoms with E-state index in [4.69, 9.17) is 4.98 Å². The molecule has 1 aliphatic rings. The van der Waals surface area contributed by atoms with Gasteiger partial charge in [-0.15, -0.1) is 0 Å². The highest BCUT2D eigenvalue weighted by molar-refractivity contribution is 8.00. The van der Waals surface area contributed by atoms with Gasteiger partial charge in [0.15, 0.2) is 6.17 Å². The Kier molecular flexibility index (Phi) is 5.87. The largest absolute Gasteiger partial charge is 0.299 e. The van der Waals surface area contributed by atoms with Crippen LogP contribution in [0.4, 0.5) is 4.39 Å². The third-order valence-electron chi connectivity index (χ3n) is 10.2. The van der Waals surface area contributed by atoms with Crippen LogP contribution in [0.3, 0.4) is 0 Å². The maximum absolute atomic E-state index is 16.7. The molecule has 7 heteroatoms. The molecule has 5 heterocycles. The molecule has 4 aromatic heterocycles. The van der Waals surface area contributed by atoms with Crippen molar-refractivity contribution < 1.29 is 4.39 Å². The van der Waals surface area contributed by atoms with E-state index in [0.717, 1.165) is 49.6 Å². The fourth-order valence-electron chi connectivity index (χ4n) is 7.80. The molecule has 10 rings (SSSR count). The zero-order valence-corrected chi connectivity index (χ0v) is 28.2. The summed E-state index contributed by atoms with van der Waals surface area (Å²) in [6.45, 7) is 4.90. The number of pyridine rings is 2. The van der Waals surface area contributed by atoms with E-state index in [-0.39, 0.29) is 0 Å². The first-order valence-electron chi connectivity index (χ1n) is 16.2. The zero-order valence-electron chi connectivity index (χ0n) is 26.4. The van der Waals surface area contributed by atoms with Crippen molar-refractivity contribution in [2.24, 2.45) is 0 Å². The van der Waals surface area contributed by atoms with E-state index in [9.17, 15) is 0 Å². The molecular weight excluding hydrogens is 628 g/mol. The molecule has 0 amide bonds. The van der Waals surface area contributed by atoms with Crippen molar-refractivity contribution in [3.8, 4) is 5.69 Å². The lowest BCUT2D eigenvalue weighted by atomic mass is 9.98. The molecule has 1 atom stereocenters. The number of benzene rings is 5. The molecule has 0 aliphatic carbocycles. The molecule has 0 fully saturated rings. The van der Waals surface area contributed by atoms with E-state index in [1.165, 1.54) is 25.6 Å². The average molecular weight is 657 g/mol. The molecule has 0 saturated heterocycles. The maximum atomic E-state index is 16.7. The highest BCUT2D eigenvalue weighted by Crippen LogP contribution is 2.40. The molecule has 1 aliphatic heterocycles. The number of aromatic nitrogens is 4. The van der Waals surface area contributed by atoms with Crippen LogP contribution in [0.5, 0.6) is 0 Å². The van der Waals surface area contributed by atoms with Gasteiger partial charge >= 0.3 is 0 Å². The van der Waals surface area contributed by atoms with Crippen molar-refractivity contribution in [2.45, 2.75) is 29.1 Å². The fourth-order valence-corrected chi connectivity index (χ4v) is 13.2. The van der Waals surface area contributed by atoms with Gasteiger partial charge in [-0.05, 0) is 75.4 Å². The predicted molar refractivity (Wildman–Crippen MR) is 199 cm³/mol. The number of imidazole rings is 1. The zero-order chi connectivity index (χ0) is 32.1. The maximum Gasteiger partial charge on any atom is 0.150 e. The molecule has 0 bridgehead atoms. The van der Waals surface area contributed by atoms with E-state index >= 15 is 4.39 Å². The van der Waals surface area contributed by atoms with E-state index in [0.29, 0.717) is 11.1 Å². The number of para-hydroxylation sites is 1. The fraction of sp³-hybridized carbons (Fsp3) is 0.0732. The van der Waals surface area contributed by atoms with Gasteiger partial charge in [-0.1, -0.05) is 91.6 Å². The first-order chi connectivity index (χ1) is 23.5. The standard InChI is InChI=1S/C41H29FN4SSi/c1-48(2)37-15-6-5-14-35(37)47-36-24-34-31(23-38(36)48)30-12-8-18-43-41(30)46(34)27-10-7-9-25(21-27)39(42)26-16-17-28-29-11-3-4-13-33(29)45-20-19-44-40(45)32(28)22-26/h3-24,39H,1-2H3. The van der Waals surface area contributed by atoms with E-state index in [2.05, 4.69) is 87.7 Å². The summed E-state index contributed by atoms with van der Waals surface area (Å²) in [4.78, 5) is 12.2. The molecule has 0 spiro atoms. The van der Waals surface area contributed by atoms with Crippen LogP contribution in [0.1, 0.15) is 17.3 Å². The van der Waals surface area contributed by atoms with Gasteiger partial charge in [-0.3, -0.25) is 8.97 Å². The normalized spacial score (nSPS) is 14.6. The Bertz CT molecular complexity index is 2780. The molecular formula is C41H29FN4SSi. The second-order valence-electron chi connectivity index (χ2n) is 13.2. The van der Waals surface area contributed by atoms with Gasteiger partial charge in [-0.2, -0.15) is 0 Å². The third-order valence-corrected chi connectivity index (χ3v) is 15.2. The van der Waals surface area contributed by atoms with Crippen molar-refractivity contribution >= 4 is 79.5 Å². The number of hydrogen-bond acceptors (Lipinski definition) is 3. The van der Waals surface area contributed by atoms with Crippen LogP contribution in [-0.2, 0) is 0 Å². The monoisotopic (exact) mass is 656 g/mol. The first-order valence-corrected chi connectivity index (χ1v) is 20.0. The van der Waals surface area contributed by atoms with Gasteiger partial charge in [0.2, 0.25) is 0 Å². The van der Waals surface area contributed by atoms with Crippen LogP contribution in [0.2, 0.25) is 13.1 Å². The van der Waals surface area contributed by atoms with Crippen LogP contribution in [0.15, 0.2) is 144 Å². The molecule has 0 N–H and O–H groups in total. The summed E-state index contributed by atoms with van der Waals surface area (Å²) >= 11 is 1.86. The summed E-state index contributed by atoms with van der Waals surface area (Å²) in [6, 6.07) is 39.9. The molecule has 0 saturated carbocycles. The number of nitrogens with zero attached hydrogens (tertiary/aromatic N) is 4. The summed E-state index contributed by atoms with van der Waals surface area (Å²) in [5.74, 6) is 0. The molecule has 0 radical (unpaired) electrons. The van der Waals surface area contributed by atoms with E-state index in [1.54, 1.807) is 0 Å². The van der Waals surface area contributed by atoms with Gasteiger partial charge < -0.3 is 0 Å². The van der Waals surface area contributed by atoms with Gasteiger partial charge in [-0.25, -0.2) is 14.4 Å². The van der Waals surface area contributed by atoms with Crippen molar-refractivity contribution in [3.05, 3.63) is 145 Å². The first kappa shape index (κ1) is 27.8. The minimum absolute atomic E-state index is 0.604. The van der Waals surface area contributed by atoms with Gasteiger partial charge in [0.25, 0.3) is 0 Å². The summed E-state index contributed by atoms with van der Waals surface area (Å²) < 4.78 is 21.0. The second-order valence-corrected chi connectivity index (χ2v) is 18.6. The van der Waals surface area contributed by atoms with Crippen LogP contribution in [-0.4, -0.2) is 27.0 Å². The third kappa shape index (κ3) is 3.89. The van der Waals surface area contributed by atoms with E-state index < -0.39 is 14.2 Å². The minimum Gasteiger partial charge on any atom is -0.299 e. The number of fused-ring (bicyclic) bond motifs is 11. The molecule has 4 nitrogen and oxygen atoms in total. The van der Waals surface area contributed by atoms with Crippen molar-refractivity contribution in [1.82, 2.24) is 18.9 Å². The molecule has 9 aromatic rings. The number of halogens is 1. The average Bonchev–Trinajstić information content (AvgIpc) is 3.74. The minimum atomic E-state index is -1.92. The van der Waals surface area contributed by atoms with Gasteiger partial charge in [0.1, 0.15) is 19.4 Å². The number of alkyl halides is 1. The summed E-state index contributed by atoms with van der Waals surface area (Å²) in [5.41, 5.74) is 6.00. The quantitative estimate of drug-likeness (QED) is 0.140. The predicted octanol–water partition coefficient (Wildman–Crippen LogP) is 9.48. The number of hydrogen-bond donors (Lipinski definition) is 0. The summed E-state index contributed by atoms with van der Waals surface area (Å²) in [7, 11) is -1.92. The number of rotatable bonds is 3. The van der Waals surface area contributed by atoms with Crippen LogP contribution in [0, 0.1) is 0 Å². The van der Waals surface area contributed by atoms with Gasteiger partial charge in [0.05, 0.1) is 11.0 Å².